The van der Waals surface area contributed by atoms with E-state index in [0.29, 0.717) is 32.6 Å². The number of aliphatic hydroxyl groups is 1. The van der Waals surface area contributed by atoms with Crippen molar-refractivity contribution in [1.29, 1.82) is 0 Å². The van der Waals surface area contributed by atoms with E-state index in [1.54, 1.807) is 21.6 Å². The fourth-order valence-electron chi connectivity index (χ4n) is 6.57. The molecule has 0 aromatic heterocycles. The molecule has 4 heterocycles. The Morgan fingerprint density at radius 2 is 1.78 bits per heavy atom. The van der Waals surface area contributed by atoms with Gasteiger partial charge in [0.2, 0.25) is 11.8 Å². The van der Waals surface area contributed by atoms with Crippen LogP contribution >= 0.6 is 11.8 Å². The molecule has 1 spiro atoms. The molecule has 5 atom stereocenters. The Bertz CT molecular complexity index is 1110. The summed E-state index contributed by atoms with van der Waals surface area (Å²) >= 11 is 1.60. The first-order valence-corrected chi connectivity index (χ1v) is 13.8. The molecule has 0 bridgehead atoms. The van der Waals surface area contributed by atoms with Crippen molar-refractivity contribution in [2.75, 3.05) is 37.7 Å². The van der Waals surface area contributed by atoms with Crippen molar-refractivity contribution in [1.82, 2.24) is 9.80 Å². The smallest absolute Gasteiger partial charge is 0.251 e. The number of benzene rings is 1. The maximum Gasteiger partial charge on any atom is 0.251 e. The average Bonchev–Trinajstić information content (AvgIpc) is 3.16. The lowest BCUT2D eigenvalue weighted by Crippen LogP contribution is -2.53. The fourth-order valence-corrected chi connectivity index (χ4v) is 8.58. The van der Waals surface area contributed by atoms with Crippen LogP contribution < -0.4 is 4.90 Å². The van der Waals surface area contributed by atoms with Crippen molar-refractivity contribution in [2.24, 2.45) is 11.8 Å². The molecule has 1 aromatic rings. The number of aryl methyl sites for hydroxylation is 2. The van der Waals surface area contributed by atoms with Gasteiger partial charge in [0.05, 0.1) is 16.6 Å². The number of likely N-dealkylation sites (tertiary alicyclic amines) is 1. The number of amides is 3. The maximum absolute atomic E-state index is 14.4. The molecule has 4 aliphatic rings. The topological polar surface area (TPSA) is 81.2 Å². The monoisotopic (exact) mass is 509 g/mol. The lowest BCUT2D eigenvalue weighted by molar-refractivity contribution is -0.142. The Balaban J connectivity index is 1.62. The molecule has 192 valence electrons. The highest BCUT2D eigenvalue weighted by atomic mass is 32.2. The Morgan fingerprint density at radius 1 is 1.03 bits per heavy atom. The first-order valence-electron chi connectivity index (χ1n) is 13.0. The zero-order valence-corrected chi connectivity index (χ0v) is 22.0. The molecule has 7 nitrogen and oxygen atoms in total. The number of aliphatic hydroxyl groups excluding tert-OH is 1. The zero-order chi connectivity index (χ0) is 25.6. The fraction of sp³-hybridized carbons (Fsp3) is 0.536. The van der Waals surface area contributed by atoms with Crippen LogP contribution in [0.4, 0.5) is 5.69 Å². The van der Waals surface area contributed by atoms with E-state index in [1.807, 2.05) is 56.0 Å². The van der Waals surface area contributed by atoms with Crippen molar-refractivity contribution in [3.8, 4) is 0 Å². The first kappa shape index (κ1) is 25.1. The lowest BCUT2D eigenvalue weighted by atomic mass is 9.78. The molecule has 0 saturated carbocycles. The molecule has 1 aromatic carbocycles. The molecule has 4 aliphatic heterocycles. The molecule has 0 radical (unpaired) electrons. The van der Waals surface area contributed by atoms with Gasteiger partial charge in [0, 0.05) is 43.7 Å². The quantitative estimate of drug-likeness (QED) is 0.597. The maximum atomic E-state index is 14.4. The Kier molecular flexibility index (Phi) is 6.76. The molecule has 2 fully saturated rings. The first-order chi connectivity index (χ1) is 17.4. The molecule has 3 amide bonds. The molecule has 5 rings (SSSR count). The third-order valence-corrected chi connectivity index (χ3v) is 9.75. The van der Waals surface area contributed by atoms with Gasteiger partial charge >= 0.3 is 0 Å². The van der Waals surface area contributed by atoms with Gasteiger partial charge in [0.15, 0.2) is 0 Å². The number of thioether (sulfide) groups is 1. The van der Waals surface area contributed by atoms with E-state index in [4.69, 9.17) is 0 Å². The van der Waals surface area contributed by atoms with Gasteiger partial charge in [0.1, 0.15) is 6.04 Å². The van der Waals surface area contributed by atoms with Gasteiger partial charge in [0.25, 0.3) is 5.91 Å². The summed E-state index contributed by atoms with van der Waals surface area (Å²) in [5.74, 6) is -1.36. The van der Waals surface area contributed by atoms with Gasteiger partial charge in [-0.2, -0.15) is 0 Å². The predicted octanol–water partition coefficient (Wildman–Crippen LogP) is 2.69. The van der Waals surface area contributed by atoms with Gasteiger partial charge in [-0.25, -0.2) is 0 Å². The van der Waals surface area contributed by atoms with E-state index in [1.165, 1.54) is 0 Å². The molecule has 0 aliphatic carbocycles. The largest absolute Gasteiger partial charge is 0.396 e. The van der Waals surface area contributed by atoms with Crippen LogP contribution in [-0.2, 0) is 14.4 Å². The minimum atomic E-state index is -0.820. The SMILES string of the molecule is CCCN1CC=C[C@@H]2S[C@]34C=CCN(c5c(C)cccc5C)C(=O)C3N(CCCO)C(=O)[C@@H]4[C@@H]2C1=O. The summed E-state index contributed by atoms with van der Waals surface area (Å²) < 4.78 is -0.820. The number of hydrogen-bond acceptors (Lipinski definition) is 5. The minimum absolute atomic E-state index is 0.00836. The van der Waals surface area contributed by atoms with E-state index < -0.39 is 22.6 Å². The number of rotatable bonds is 6. The van der Waals surface area contributed by atoms with E-state index in [2.05, 4.69) is 12.2 Å². The summed E-state index contributed by atoms with van der Waals surface area (Å²) in [6, 6.07) is 5.26. The van der Waals surface area contributed by atoms with Crippen molar-refractivity contribution < 1.29 is 19.5 Å². The normalized spacial score (nSPS) is 31.4. The van der Waals surface area contributed by atoms with Crippen LogP contribution in [0.15, 0.2) is 42.5 Å². The predicted molar refractivity (Wildman–Crippen MR) is 142 cm³/mol. The molecule has 8 heteroatoms. The summed E-state index contributed by atoms with van der Waals surface area (Å²) in [6.45, 7) is 7.90. The van der Waals surface area contributed by atoms with E-state index >= 15 is 0 Å². The molecular formula is C28H35N3O4S. The van der Waals surface area contributed by atoms with Crippen molar-refractivity contribution in [3.05, 3.63) is 53.6 Å². The van der Waals surface area contributed by atoms with Gasteiger partial charge in [-0.3, -0.25) is 14.4 Å². The van der Waals surface area contributed by atoms with E-state index in [9.17, 15) is 19.5 Å². The summed E-state index contributed by atoms with van der Waals surface area (Å²) in [5.41, 5.74) is 2.89. The zero-order valence-electron chi connectivity index (χ0n) is 21.2. The number of nitrogens with zero attached hydrogens (tertiary/aromatic N) is 3. The van der Waals surface area contributed by atoms with Crippen LogP contribution in [0.2, 0.25) is 0 Å². The summed E-state index contributed by atoms with van der Waals surface area (Å²) in [4.78, 5) is 47.6. The summed E-state index contributed by atoms with van der Waals surface area (Å²) in [5, 5.41) is 9.42. The van der Waals surface area contributed by atoms with Crippen molar-refractivity contribution in [3.63, 3.8) is 0 Å². The minimum Gasteiger partial charge on any atom is -0.396 e. The molecule has 36 heavy (non-hydrogen) atoms. The van der Waals surface area contributed by atoms with E-state index in [0.717, 1.165) is 23.2 Å². The number of carbonyl (C=O) groups is 3. The van der Waals surface area contributed by atoms with Gasteiger partial charge in [-0.1, -0.05) is 49.4 Å². The molecule has 2 saturated heterocycles. The average molecular weight is 510 g/mol. The second-order valence-electron chi connectivity index (χ2n) is 10.3. The van der Waals surface area contributed by atoms with Crippen LogP contribution in [0, 0.1) is 25.7 Å². The van der Waals surface area contributed by atoms with Gasteiger partial charge < -0.3 is 19.8 Å². The number of fused-ring (bicyclic) bond motifs is 2. The van der Waals surface area contributed by atoms with Crippen LogP contribution in [0.3, 0.4) is 0 Å². The highest BCUT2D eigenvalue weighted by molar-refractivity contribution is 8.02. The highest BCUT2D eigenvalue weighted by Crippen LogP contribution is 2.61. The Morgan fingerprint density at radius 3 is 2.47 bits per heavy atom. The van der Waals surface area contributed by atoms with Crippen molar-refractivity contribution >= 4 is 35.2 Å². The third kappa shape index (κ3) is 3.72. The Labute approximate surface area is 217 Å². The van der Waals surface area contributed by atoms with E-state index in [-0.39, 0.29) is 29.6 Å². The highest BCUT2D eigenvalue weighted by Gasteiger charge is 2.71. The number of hydrogen-bond donors (Lipinski definition) is 1. The van der Waals surface area contributed by atoms with Crippen LogP contribution in [0.25, 0.3) is 0 Å². The molecular weight excluding hydrogens is 474 g/mol. The number of anilines is 1. The van der Waals surface area contributed by atoms with Crippen LogP contribution in [0.5, 0.6) is 0 Å². The Hall–Kier alpha value is -2.58. The molecule has 1 N–H and O–H groups in total. The number of carbonyl (C=O) groups excluding carboxylic acids is 3. The summed E-state index contributed by atoms with van der Waals surface area (Å²) in [6.07, 6.45) is 9.41. The van der Waals surface area contributed by atoms with Gasteiger partial charge in [-0.05, 0) is 37.8 Å². The second kappa shape index (κ2) is 9.71. The third-order valence-electron chi connectivity index (χ3n) is 8.00. The van der Waals surface area contributed by atoms with Gasteiger partial charge in [-0.15, -0.1) is 11.8 Å². The molecule has 1 unspecified atom stereocenters. The second-order valence-corrected chi connectivity index (χ2v) is 11.7. The summed E-state index contributed by atoms with van der Waals surface area (Å²) in [7, 11) is 0. The lowest BCUT2D eigenvalue weighted by Gasteiger charge is -2.36. The van der Waals surface area contributed by atoms with Crippen molar-refractivity contribution in [2.45, 2.75) is 49.7 Å². The standard InChI is InChI=1S/C28H35N3O4S/c1-4-13-29-14-6-11-20-21(25(29)33)22-26(34)31(16-8-17-32)24-27(35)30(15-7-12-28(22,24)36-20)23-18(2)9-5-10-19(23)3/h5-7,9-12,20-22,24,32H,4,8,13-17H2,1-3H3/t20-,21+,22-,24?,28-/m0/s1. The van der Waals surface area contributed by atoms with Crippen LogP contribution in [-0.4, -0.2) is 81.5 Å². The van der Waals surface area contributed by atoms with Crippen LogP contribution in [0.1, 0.15) is 30.9 Å². The number of para-hydroxylation sites is 1.